The smallest absolute Gasteiger partial charge is 0.549 e. The van der Waals surface area contributed by atoms with E-state index in [2.05, 4.69) is 29.7 Å². The molecule has 0 bridgehead atoms. The fraction of sp³-hybridized carbons (Fsp3) is 0.556. The number of H-pyrrole nitrogens is 1. The summed E-state index contributed by atoms with van der Waals surface area (Å²) in [6, 6.07) is 4.67. The van der Waals surface area contributed by atoms with Gasteiger partial charge in [-0.15, -0.1) is 0 Å². The van der Waals surface area contributed by atoms with E-state index >= 15 is 0 Å². The summed E-state index contributed by atoms with van der Waals surface area (Å²) in [5.41, 5.74) is 2.44. The molecule has 3 fully saturated rings. The molecule has 0 unspecified atom stereocenters. The van der Waals surface area contributed by atoms with Crippen molar-refractivity contribution in [2.75, 3.05) is 63.3 Å². The molecular formula is C36H43F3N9NaO3. The van der Waals surface area contributed by atoms with Crippen LogP contribution in [-0.2, 0) is 15.7 Å². The van der Waals surface area contributed by atoms with Crippen molar-refractivity contribution in [1.82, 2.24) is 34.8 Å². The van der Waals surface area contributed by atoms with Crippen LogP contribution in [0.5, 0.6) is 0 Å². The van der Waals surface area contributed by atoms with Crippen LogP contribution in [0.25, 0.3) is 33.9 Å². The fourth-order valence-electron chi connectivity index (χ4n) is 7.81. The number of alkyl halides is 3. The van der Waals surface area contributed by atoms with Gasteiger partial charge in [-0.1, -0.05) is 19.3 Å². The Morgan fingerprint density at radius 2 is 1.83 bits per heavy atom. The van der Waals surface area contributed by atoms with Crippen molar-refractivity contribution in [3.05, 3.63) is 42.0 Å². The maximum Gasteiger partial charge on any atom is 1.00 e. The van der Waals surface area contributed by atoms with Gasteiger partial charge in [0.05, 0.1) is 36.4 Å². The number of ether oxygens (including phenoxy) is 1. The van der Waals surface area contributed by atoms with Gasteiger partial charge >= 0.3 is 35.7 Å². The number of fused-ring (bicyclic) bond motifs is 1. The van der Waals surface area contributed by atoms with E-state index in [1.54, 1.807) is 25.6 Å². The number of aromatic amines is 1. The van der Waals surface area contributed by atoms with Crippen molar-refractivity contribution in [3.63, 3.8) is 0 Å². The zero-order valence-corrected chi connectivity index (χ0v) is 32.2. The number of hydrogen-bond donors (Lipinski definition) is 1. The Morgan fingerprint density at radius 3 is 2.46 bits per heavy atom. The molecule has 2 saturated carbocycles. The molecule has 5 heterocycles. The molecule has 272 valence electrons. The van der Waals surface area contributed by atoms with Gasteiger partial charge in [-0.2, -0.15) is 13.2 Å². The van der Waals surface area contributed by atoms with Gasteiger partial charge in [0.15, 0.2) is 11.5 Å². The first-order chi connectivity index (χ1) is 24.4. The minimum atomic E-state index is -4.59. The van der Waals surface area contributed by atoms with E-state index in [-0.39, 0.29) is 53.5 Å². The van der Waals surface area contributed by atoms with Gasteiger partial charge in [-0.3, -0.25) is 4.90 Å². The van der Waals surface area contributed by atoms with E-state index in [9.17, 15) is 23.1 Å². The quantitative estimate of drug-likeness (QED) is 0.226. The number of halogens is 3. The number of imidazole rings is 1. The van der Waals surface area contributed by atoms with Crippen LogP contribution in [0, 0.1) is 5.41 Å². The fourth-order valence-corrected chi connectivity index (χ4v) is 7.81. The Morgan fingerprint density at radius 1 is 1.06 bits per heavy atom. The number of hydrogen-bond acceptors (Lipinski definition) is 11. The molecule has 52 heavy (non-hydrogen) atoms. The number of aliphatic carboxylic acids is 1. The Bertz CT molecular complexity index is 1880. The second kappa shape index (κ2) is 15.5. The molecule has 16 heteroatoms. The largest absolute Gasteiger partial charge is 1.00 e. The molecule has 0 spiro atoms. The Labute approximate surface area is 322 Å². The molecule has 2 aliphatic carbocycles. The number of nitrogens with zero attached hydrogens (tertiary/aromatic N) is 8. The van der Waals surface area contributed by atoms with Crippen molar-refractivity contribution < 1.29 is 57.4 Å². The first-order valence-corrected chi connectivity index (χ1v) is 17.6. The molecule has 4 aromatic heterocycles. The third-order valence-electron chi connectivity index (χ3n) is 10.5. The number of piperazine rings is 1. The minimum Gasteiger partial charge on any atom is -0.549 e. The Kier molecular flexibility index (Phi) is 11.5. The van der Waals surface area contributed by atoms with Crippen molar-refractivity contribution >= 4 is 28.6 Å². The summed E-state index contributed by atoms with van der Waals surface area (Å²) in [7, 11) is 3.72. The van der Waals surface area contributed by atoms with E-state index in [0.717, 1.165) is 50.3 Å². The van der Waals surface area contributed by atoms with E-state index in [1.165, 1.54) is 6.42 Å². The summed E-state index contributed by atoms with van der Waals surface area (Å²) in [5, 5.41) is 11.1. The molecule has 0 aromatic carbocycles. The van der Waals surface area contributed by atoms with Crippen LogP contribution in [0.1, 0.15) is 69.2 Å². The van der Waals surface area contributed by atoms with E-state index in [0.29, 0.717) is 78.2 Å². The van der Waals surface area contributed by atoms with Crippen LogP contribution in [-0.4, -0.2) is 100 Å². The number of methoxy groups -OCH3 is 1. The molecule has 1 N–H and O–H groups in total. The van der Waals surface area contributed by atoms with Crippen LogP contribution in [0.4, 0.5) is 24.7 Å². The van der Waals surface area contributed by atoms with Gasteiger partial charge in [0.2, 0.25) is 0 Å². The summed E-state index contributed by atoms with van der Waals surface area (Å²) in [4.78, 5) is 43.5. The van der Waals surface area contributed by atoms with E-state index < -0.39 is 17.8 Å². The van der Waals surface area contributed by atoms with Gasteiger partial charge in [-0.05, 0) is 50.8 Å². The Hall–Kier alpha value is -3.37. The molecule has 3 aliphatic rings. The average Bonchev–Trinajstić information content (AvgIpc) is 3.86. The molecule has 1 atom stereocenters. The third kappa shape index (κ3) is 8.38. The van der Waals surface area contributed by atoms with E-state index in [4.69, 9.17) is 14.7 Å². The maximum atomic E-state index is 14.0. The van der Waals surface area contributed by atoms with Gasteiger partial charge in [-0.25, -0.2) is 24.9 Å². The predicted molar refractivity (Wildman–Crippen MR) is 184 cm³/mol. The summed E-state index contributed by atoms with van der Waals surface area (Å²) in [6.45, 7) is 4.91. The van der Waals surface area contributed by atoms with E-state index in [1.807, 2.05) is 24.9 Å². The SMILES string of the molecule is COCC1(CN(C)c2cc(-c3cc(C4CC4)nc(C(F)(F)F)c3)nc3nc(-c4cnc(N5CCN(CC(=O)[O-])C[C@H]5C)cn4)[nH]c23)CCCCC1.[Na+]. The zero-order valence-electron chi connectivity index (χ0n) is 30.2. The second-order valence-corrected chi connectivity index (χ2v) is 14.5. The molecule has 4 aromatic rings. The number of carboxylic acid groups (broad SMARTS) is 1. The number of carbonyl (C=O) groups excluding carboxylic acids is 1. The molecule has 1 aliphatic heterocycles. The van der Waals surface area contributed by atoms with Crippen molar-refractivity contribution in [1.29, 1.82) is 0 Å². The predicted octanol–water partition coefficient (Wildman–Crippen LogP) is 1.67. The van der Waals surface area contributed by atoms with Crippen molar-refractivity contribution in [2.45, 2.75) is 70.0 Å². The van der Waals surface area contributed by atoms with Gasteiger partial charge < -0.3 is 29.4 Å². The number of pyridine rings is 2. The standard InChI is InChI=1S/C36H44F3N9O3.Na/c1-22-18-47(19-31(49)50)11-12-48(22)30-17-40-27(16-41-30)33-44-32-28(46(2)20-35(21-51-3)9-5-4-6-10-35)15-26(43-34(32)45-33)24-13-25(23-7-8-23)42-29(14-24)36(37,38)39;/h13-17,22-23H,4-12,18-21H2,1-3H3,(H,49,50)(H,43,44,45);/q;+1/p-1/t22-;/m1./s1. The van der Waals surface area contributed by atoms with Gasteiger partial charge in [0.1, 0.15) is 22.7 Å². The first kappa shape index (κ1) is 38.4. The summed E-state index contributed by atoms with van der Waals surface area (Å²) < 4.78 is 47.8. The second-order valence-electron chi connectivity index (χ2n) is 14.5. The average molecular weight is 730 g/mol. The van der Waals surface area contributed by atoms with Crippen LogP contribution in [0.3, 0.4) is 0 Å². The monoisotopic (exact) mass is 729 g/mol. The molecule has 1 saturated heterocycles. The normalized spacial score (nSPS) is 19.4. The molecular weight excluding hydrogens is 686 g/mol. The van der Waals surface area contributed by atoms with Crippen LogP contribution < -0.4 is 44.5 Å². The zero-order chi connectivity index (χ0) is 35.9. The third-order valence-corrected chi connectivity index (χ3v) is 10.5. The van der Waals surface area contributed by atoms with Gasteiger partial charge in [0, 0.05) is 75.5 Å². The summed E-state index contributed by atoms with van der Waals surface area (Å²) in [6.07, 6.45) is 5.81. The Balaban J connectivity index is 0.00000464. The summed E-state index contributed by atoms with van der Waals surface area (Å²) >= 11 is 0. The molecule has 7 rings (SSSR count). The van der Waals surface area contributed by atoms with Crippen LogP contribution in [0.2, 0.25) is 0 Å². The van der Waals surface area contributed by atoms with Gasteiger partial charge in [0.25, 0.3) is 0 Å². The summed E-state index contributed by atoms with van der Waals surface area (Å²) in [5.74, 6) is 0.0186. The number of carboxylic acids is 1. The molecule has 0 radical (unpaired) electrons. The first-order valence-electron chi connectivity index (χ1n) is 17.6. The number of nitrogens with one attached hydrogen (secondary N) is 1. The number of carbonyl (C=O) groups is 1. The van der Waals surface area contributed by atoms with Crippen LogP contribution >= 0.6 is 0 Å². The van der Waals surface area contributed by atoms with Crippen LogP contribution in [0.15, 0.2) is 30.6 Å². The molecule has 0 amide bonds. The molecule has 12 nitrogen and oxygen atoms in total. The number of rotatable bonds is 11. The topological polar surface area (TPSA) is 139 Å². The number of anilines is 2. The van der Waals surface area contributed by atoms with Crippen molar-refractivity contribution in [3.8, 4) is 22.8 Å². The number of aromatic nitrogens is 6. The minimum absolute atomic E-state index is 0. The van der Waals surface area contributed by atoms with Crippen molar-refractivity contribution in [2.24, 2.45) is 5.41 Å². The maximum absolute atomic E-state index is 14.0.